The normalized spacial score (nSPS) is 14.7. The Morgan fingerprint density at radius 1 is 1.38 bits per heavy atom. The monoisotopic (exact) mass is 224 g/mol. The van der Waals surface area contributed by atoms with Gasteiger partial charge in [-0.15, -0.1) is 0 Å². The number of ether oxygens (including phenoxy) is 2. The molecule has 0 saturated carbocycles. The molecule has 4 heteroatoms. The second-order valence-corrected chi connectivity index (χ2v) is 3.70. The molecule has 4 nitrogen and oxygen atoms in total. The molecule has 2 atom stereocenters. The molecule has 0 aromatic carbocycles. The van der Waals surface area contributed by atoms with Gasteiger partial charge in [-0.1, -0.05) is 6.07 Å². The van der Waals surface area contributed by atoms with E-state index in [4.69, 9.17) is 9.47 Å². The number of hydrogen-bond acceptors (Lipinski definition) is 4. The highest BCUT2D eigenvalue weighted by atomic mass is 16.5. The second kappa shape index (κ2) is 7.33. The molecule has 0 saturated heterocycles. The molecule has 0 radical (unpaired) electrons. The van der Waals surface area contributed by atoms with E-state index in [2.05, 4.69) is 17.2 Å². The molecule has 1 rings (SSSR count). The summed E-state index contributed by atoms with van der Waals surface area (Å²) in [4.78, 5) is 4.29. The van der Waals surface area contributed by atoms with E-state index in [1.54, 1.807) is 20.4 Å². The summed E-state index contributed by atoms with van der Waals surface area (Å²) in [6, 6.07) is 6.13. The molecule has 1 N–H and O–H groups in total. The van der Waals surface area contributed by atoms with Crippen molar-refractivity contribution in [1.29, 1.82) is 0 Å². The van der Waals surface area contributed by atoms with Crippen LogP contribution in [0.1, 0.15) is 18.7 Å². The Bertz CT molecular complexity index is 280. The molecule has 0 spiro atoms. The lowest BCUT2D eigenvalue weighted by Crippen LogP contribution is -2.33. The average molecular weight is 224 g/mol. The molecular formula is C12H20N2O2. The summed E-state index contributed by atoms with van der Waals surface area (Å²) >= 11 is 0. The van der Waals surface area contributed by atoms with Gasteiger partial charge in [-0.05, 0) is 19.1 Å². The predicted molar refractivity (Wildman–Crippen MR) is 63.3 cm³/mol. The molecule has 1 heterocycles. The molecule has 0 aliphatic carbocycles. The first-order valence-electron chi connectivity index (χ1n) is 5.44. The van der Waals surface area contributed by atoms with Crippen LogP contribution >= 0.6 is 0 Å². The molecule has 0 aliphatic heterocycles. The van der Waals surface area contributed by atoms with Crippen molar-refractivity contribution in [3.8, 4) is 0 Å². The maximum Gasteiger partial charge on any atom is 0.0928 e. The maximum atomic E-state index is 5.27. The lowest BCUT2D eigenvalue weighted by atomic mass is 10.2. The summed E-state index contributed by atoms with van der Waals surface area (Å²) < 4.78 is 10.3. The van der Waals surface area contributed by atoms with Crippen LogP contribution in [0.15, 0.2) is 24.4 Å². The zero-order valence-electron chi connectivity index (χ0n) is 10.1. The van der Waals surface area contributed by atoms with Crippen LogP contribution in [0, 0.1) is 0 Å². The summed E-state index contributed by atoms with van der Waals surface area (Å²) in [5, 5.41) is 3.37. The third-order valence-electron chi connectivity index (χ3n) is 2.47. The standard InChI is InChI=1S/C12H20N2O2/c1-10(12-6-4-5-7-13-12)14-8-11(16-3)9-15-2/h4-7,10-11,14H,8-9H2,1-3H3. The van der Waals surface area contributed by atoms with Crippen molar-refractivity contribution in [3.05, 3.63) is 30.1 Å². The highest BCUT2D eigenvalue weighted by Crippen LogP contribution is 2.07. The molecule has 1 aromatic heterocycles. The fourth-order valence-electron chi connectivity index (χ4n) is 1.44. The Kier molecular flexibility index (Phi) is 6.00. The Labute approximate surface area is 97.0 Å². The molecule has 90 valence electrons. The highest BCUT2D eigenvalue weighted by molar-refractivity contribution is 5.07. The minimum atomic E-state index is 0.0798. The van der Waals surface area contributed by atoms with Crippen LogP contribution in [0.2, 0.25) is 0 Å². The molecule has 0 amide bonds. The van der Waals surface area contributed by atoms with Gasteiger partial charge in [0.15, 0.2) is 0 Å². The van der Waals surface area contributed by atoms with Crippen LogP contribution in [0.25, 0.3) is 0 Å². The SMILES string of the molecule is COCC(CNC(C)c1ccccn1)OC. The Morgan fingerprint density at radius 3 is 2.75 bits per heavy atom. The number of aromatic nitrogens is 1. The number of pyridine rings is 1. The Hall–Kier alpha value is -0.970. The zero-order valence-corrected chi connectivity index (χ0v) is 10.1. The number of methoxy groups -OCH3 is 2. The van der Waals surface area contributed by atoms with Crippen molar-refractivity contribution in [1.82, 2.24) is 10.3 Å². The van der Waals surface area contributed by atoms with E-state index in [0.717, 1.165) is 12.2 Å². The Morgan fingerprint density at radius 2 is 2.19 bits per heavy atom. The van der Waals surface area contributed by atoms with Crippen LogP contribution < -0.4 is 5.32 Å². The fraction of sp³-hybridized carbons (Fsp3) is 0.583. The van der Waals surface area contributed by atoms with E-state index < -0.39 is 0 Å². The molecule has 0 bridgehead atoms. The van der Waals surface area contributed by atoms with E-state index in [1.165, 1.54) is 0 Å². The topological polar surface area (TPSA) is 43.4 Å². The molecule has 2 unspecified atom stereocenters. The smallest absolute Gasteiger partial charge is 0.0928 e. The van der Waals surface area contributed by atoms with Crippen molar-refractivity contribution < 1.29 is 9.47 Å². The van der Waals surface area contributed by atoms with Crippen LogP contribution in [-0.4, -0.2) is 38.5 Å². The Balaban J connectivity index is 2.37. The van der Waals surface area contributed by atoms with Gasteiger partial charge in [-0.25, -0.2) is 0 Å². The van der Waals surface area contributed by atoms with E-state index in [0.29, 0.717) is 6.61 Å². The summed E-state index contributed by atoms with van der Waals surface area (Å²) in [5.41, 5.74) is 1.04. The van der Waals surface area contributed by atoms with Crippen molar-refractivity contribution in [2.75, 3.05) is 27.4 Å². The first-order valence-corrected chi connectivity index (χ1v) is 5.44. The van der Waals surface area contributed by atoms with Crippen LogP contribution in [0.5, 0.6) is 0 Å². The van der Waals surface area contributed by atoms with Gasteiger partial charge in [0.1, 0.15) is 0 Å². The molecule has 0 fully saturated rings. The molecular weight excluding hydrogens is 204 g/mol. The third kappa shape index (κ3) is 4.26. The first kappa shape index (κ1) is 13.1. The zero-order chi connectivity index (χ0) is 11.8. The predicted octanol–water partition coefficient (Wildman–Crippen LogP) is 1.39. The number of rotatable bonds is 7. The van der Waals surface area contributed by atoms with Gasteiger partial charge >= 0.3 is 0 Å². The van der Waals surface area contributed by atoms with Gasteiger partial charge in [0.25, 0.3) is 0 Å². The third-order valence-corrected chi connectivity index (χ3v) is 2.47. The quantitative estimate of drug-likeness (QED) is 0.760. The summed E-state index contributed by atoms with van der Waals surface area (Å²) in [6.07, 6.45) is 1.88. The van der Waals surface area contributed by atoms with E-state index in [1.807, 2.05) is 18.2 Å². The van der Waals surface area contributed by atoms with E-state index >= 15 is 0 Å². The average Bonchev–Trinajstić information content (AvgIpc) is 2.35. The number of nitrogens with one attached hydrogen (secondary N) is 1. The van der Waals surface area contributed by atoms with Crippen molar-refractivity contribution in [2.45, 2.75) is 19.1 Å². The number of hydrogen-bond donors (Lipinski definition) is 1. The van der Waals surface area contributed by atoms with Gasteiger partial charge < -0.3 is 14.8 Å². The first-order chi connectivity index (χ1) is 7.77. The van der Waals surface area contributed by atoms with E-state index in [9.17, 15) is 0 Å². The molecule has 0 aliphatic rings. The van der Waals surface area contributed by atoms with Crippen LogP contribution in [-0.2, 0) is 9.47 Å². The largest absolute Gasteiger partial charge is 0.382 e. The van der Waals surface area contributed by atoms with Gasteiger partial charge in [0.05, 0.1) is 18.4 Å². The minimum absolute atomic E-state index is 0.0798. The van der Waals surface area contributed by atoms with Gasteiger partial charge in [0, 0.05) is 33.0 Å². The van der Waals surface area contributed by atoms with Gasteiger partial charge in [-0.2, -0.15) is 0 Å². The van der Waals surface area contributed by atoms with Crippen molar-refractivity contribution in [2.24, 2.45) is 0 Å². The second-order valence-electron chi connectivity index (χ2n) is 3.70. The van der Waals surface area contributed by atoms with Crippen molar-refractivity contribution in [3.63, 3.8) is 0 Å². The summed E-state index contributed by atoms with van der Waals surface area (Å²) in [7, 11) is 3.37. The maximum absolute atomic E-state index is 5.27. The summed E-state index contributed by atoms with van der Waals surface area (Å²) in [6.45, 7) is 3.43. The van der Waals surface area contributed by atoms with Gasteiger partial charge in [0.2, 0.25) is 0 Å². The summed E-state index contributed by atoms with van der Waals surface area (Å²) in [5.74, 6) is 0. The lowest BCUT2D eigenvalue weighted by Gasteiger charge is -2.18. The lowest BCUT2D eigenvalue weighted by molar-refractivity contribution is 0.0275. The molecule has 1 aromatic rings. The van der Waals surface area contributed by atoms with E-state index in [-0.39, 0.29) is 12.1 Å². The highest BCUT2D eigenvalue weighted by Gasteiger charge is 2.10. The minimum Gasteiger partial charge on any atom is -0.382 e. The number of nitrogens with zero attached hydrogens (tertiary/aromatic N) is 1. The fourth-order valence-corrected chi connectivity index (χ4v) is 1.44. The van der Waals surface area contributed by atoms with Crippen molar-refractivity contribution >= 4 is 0 Å². The van der Waals surface area contributed by atoms with Gasteiger partial charge in [-0.3, -0.25) is 4.98 Å². The van der Waals surface area contributed by atoms with Crippen LogP contribution in [0.4, 0.5) is 0 Å². The molecule has 16 heavy (non-hydrogen) atoms. The van der Waals surface area contributed by atoms with Crippen LogP contribution in [0.3, 0.4) is 0 Å².